The van der Waals surface area contributed by atoms with Gasteiger partial charge in [0.2, 0.25) is 0 Å². The Balaban J connectivity index is 1.83. The highest BCUT2D eigenvalue weighted by molar-refractivity contribution is 9.10. The van der Waals surface area contributed by atoms with Crippen LogP contribution in [-0.4, -0.2) is 15.9 Å². The molecule has 0 spiro atoms. The van der Waals surface area contributed by atoms with Gasteiger partial charge in [0.1, 0.15) is 0 Å². The lowest BCUT2D eigenvalue weighted by Crippen LogP contribution is -2.14. The Morgan fingerprint density at radius 1 is 1.16 bits per heavy atom. The smallest absolute Gasteiger partial charge is 0.322 e. The van der Waals surface area contributed by atoms with Crippen LogP contribution in [0.3, 0.4) is 0 Å². The summed E-state index contributed by atoms with van der Waals surface area (Å²) in [5.74, 6) is -0.763. The summed E-state index contributed by atoms with van der Waals surface area (Å²) < 4.78 is 24.7. The van der Waals surface area contributed by atoms with Crippen molar-refractivity contribution >= 4 is 27.5 Å². The largest absolute Gasteiger partial charge is 0.444 e. The van der Waals surface area contributed by atoms with Crippen LogP contribution in [0.5, 0.6) is 11.8 Å². The van der Waals surface area contributed by atoms with Crippen LogP contribution in [-0.2, 0) is 0 Å². The highest BCUT2D eigenvalue weighted by Gasteiger charge is 2.16. The topological polar surface area (TPSA) is 77.3 Å². The molecule has 25 heavy (non-hydrogen) atoms. The Morgan fingerprint density at radius 3 is 2.44 bits per heavy atom. The van der Waals surface area contributed by atoms with E-state index in [1.165, 1.54) is 12.1 Å². The summed E-state index contributed by atoms with van der Waals surface area (Å²) in [4.78, 5) is 20.5. The van der Waals surface area contributed by atoms with Crippen molar-refractivity contribution in [1.82, 2.24) is 9.97 Å². The number of aromatic nitrogens is 2. The molecular formula is C17H13BrFN3O3. The molecule has 2 heterocycles. The summed E-state index contributed by atoms with van der Waals surface area (Å²) >= 11 is 3.14. The molecule has 3 rings (SSSR count). The van der Waals surface area contributed by atoms with Gasteiger partial charge >= 0.3 is 6.01 Å². The number of para-hydroxylation sites is 1. The van der Waals surface area contributed by atoms with E-state index in [0.29, 0.717) is 21.7 Å². The van der Waals surface area contributed by atoms with Crippen LogP contribution in [0.25, 0.3) is 0 Å². The molecule has 6 nitrogen and oxygen atoms in total. The van der Waals surface area contributed by atoms with Gasteiger partial charge in [0.05, 0.1) is 17.1 Å². The minimum atomic E-state index is -0.512. The number of nitrogens with one attached hydrogen (secondary N) is 1. The molecule has 0 aliphatic heterocycles. The lowest BCUT2D eigenvalue weighted by molar-refractivity contribution is 0.0995. The standard InChI is InChI=1S/C17H13BrFN3O3/c1-9-15(22-16(23)13-7-8-14(18)24-13)10(2)21-17(20-9)25-12-6-4-3-5-11(12)19/h3-8H,1-2H3,(H,22,23). The van der Waals surface area contributed by atoms with Gasteiger partial charge in [-0.3, -0.25) is 4.79 Å². The first-order chi connectivity index (χ1) is 11.9. The number of hydrogen-bond acceptors (Lipinski definition) is 5. The number of nitrogens with zero attached hydrogens (tertiary/aromatic N) is 2. The molecular weight excluding hydrogens is 393 g/mol. The van der Waals surface area contributed by atoms with Crippen molar-refractivity contribution in [2.24, 2.45) is 0 Å². The number of hydrogen-bond donors (Lipinski definition) is 1. The predicted molar refractivity (Wildman–Crippen MR) is 92.3 cm³/mol. The molecule has 128 valence electrons. The number of furan rings is 1. The molecule has 0 saturated heterocycles. The number of carbonyl (C=O) groups is 1. The number of rotatable bonds is 4. The minimum absolute atomic E-state index is 0.00107. The monoisotopic (exact) mass is 405 g/mol. The summed E-state index contributed by atoms with van der Waals surface area (Å²) in [7, 11) is 0. The maximum absolute atomic E-state index is 13.7. The molecule has 0 atom stereocenters. The molecule has 0 aliphatic rings. The van der Waals surface area contributed by atoms with E-state index in [1.54, 1.807) is 38.1 Å². The summed E-state index contributed by atoms with van der Waals surface area (Å²) in [6.45, 7) is 3.38. The average Bonchev–Trinajstić information content (AvgIpc) is 3.00. The van der Waals surface area contributed by atoms with Crippen molar-refractivity contribution in [3.63, 3.8) is 0 Å². The van der Waals surface area contributed by atoms with E-state index >= 15 is 0 Å². The first-order valence-corrected chi connectivity index (χ1v) is 8.07. The van der Waals surface area contributed by atoms with Crippen molar-refractivity contribution < 1.29 is 18.3 Å². The second kappa shape index (κ2) is 7.02. The normalized spacial score (nSPS) is 10.6. The Kier molecular flexibility index (Phi) is 4.80. The Hall–Kier alpha value is -2.74. The first-order valence-electron chi connectivity index (χ1n) is 7.28. The summed E-state index contributed by atoms with van der Waals surface area (Å²) in [5, 5.41) is 2.70. The molecule has 0 unspecified atom stereocenters. The molecule has 1 aromatic carbocycles. The molecule has 0 radical (unpaired) electrons. The highest BCUT2D eigenvalue weighted by Crippen LogP contribution is 2.25. The van der Waals surface area contributed by atoms with Gasteiger partial charge in [0.15, 0.2) is 22.0 Å². The number of amides is 1. The van der Waals surface area contributed by atoms with Crippen molar-refractivity contribution in [3.05, 3.63) is 64.0 Å². The van der Waals surface area contributed by atoms with Gasteiger partial charge < -0.3 is 14.5 Å². The molecule has 1 amide bonds. The third-order valence-corrected chi connectivity index (χ3v) is 3.75. The SMILES string of the molecule is Cc1nc(Oc2ccccc2F)nc(C)c1NC(=O)c1ccc(Br)o1. The number of anilines is 1. The summed E-state index contributed by atoms with van der Waals surface area (Å²) in [6.07, 6.45) is 0. The van der Waals surface area contributed by atoms with E-state index in [4.69, 9.17) is 9.15 Å². The Labute approximate surface area is 151 Å². The number of carbonyl (C=O) groups excluding carboxylic acids is 1. The molecule has 0 saturated carbocycles. The fourth-order valence-electron chi connectivity index (χ4n) is 2.15. The predicted octanol–water partition coefficient (Wildman–Crippen LogP) is 4.63. The number of halogens is 2. The molecule has 0 fully saturated rings. The van der Waals surface area contributed by atoms with E-state index in [1.807, 2.05) is 0 Å². The van der Waals surface area contributed by atoms with Gasteiger partial charge in [0, 0.05) is 0 Å². The van der Waals surface area contributed by atoms with Crippen molar-refractivity contribution in [2.45, 2.75) is 13.8 Å². The quantitative estimate of drug-likeness (QED) is 0.684. The average molecular weight is 406 g/mol. The highest BCUT2D eigenvalue weighted by atomic mass is 79.9. The number of ether oxygens (including phenoxy) is 1. The van der Waals surface area contributed by atoms with Gasteiger partial charge in [-0.15, -0.1) is 0 Å². The zero-order valence-corrected chi connectivity index (χ0v) is 14.9. The van der Waals surface area contributed by atoms with Crippen molar-refractivity contribution in [3.8, 4) is 11.8 Å². The van der Waals surface area contributed by atoms with E-state index in [2.05, 4.69) is 31.2 Å². The minimum Gasteiger partial charge on any atom is -0.444 e. The third kappa shape index (κ3) is 3.85. The zero-order valence-electron chi connectivity index (χ0n) is 13.3. The van der Waals surface area contributed by atoms with Crippen LogP contribution in [0.1, 0.15) is 21.9 Å². The second-order valence-corrected chi connectivity index (χ2v) is 5.92. The van der Waals surface area contributed by atoms with Gasteiger partial charge in [0.25, 0.3) is 5.91 Å². The van der Waals surface area contributed by atoms with Gasteiger partial charge in [-0.2, -0.15) is 9.97 Å². The van der Waals surface area contributed by atoms with Crippen LogP contribution in [0.4, 0.5) is 10.1 Å². The molecule has 0 bridgehead atoms. The zero-order chi connectivity index (χ0) is 18.0. The molecule has 3 aromatic rings. The number of aryl methyl sites for hydroxylation is 2. The molecule has 2 aromatic heterocycles. The van der Waals surface area contributed by atoms with Gasteiger partial charge in [-0.1, -0.05) is 12.1 Å². The maximum atomic E-state index is 13.7. The van der Waals surface area contributed by atoms with E-state index in [-0.39, 0.29) is 17.5 Å². The maximum Gasteiger partial charge on any atom is 0.322 e. The van der Waals surface area contributed by atoms with E-state index in [9.17, 15) is 9.18 Å². The van der Waals surface area contributed by atoms with Crippen LogP contribution in [0, 0.1) is 19.7 Å². The van der Waals surface area contributed by atoms with Crippen LogP contribution in [0.2, 0.25) is 0 Å². The van der Waals surface area contributed by atoms with Crippen molar-refractivity contribution in [2.75, 3.05) is 5.32 Å². The van der Waals surface area contributed by atoms with Crippen LogP contribution >= 0.6 is 15.9 Å². The van der Waals surface area contributed by atoms with E-state index < -0.39 is 11.7 Å². The molecule has 8 heteroatoms. The molecule has 1 N–H and O–H groups in total. The lowest BCUT2D eigenvalue weighted by Gasteiger charge is -2.12. The molecule has 0 aliphatic carbocycles. The number of benzene rings is 1. The fraction of sp³-hybridized carbons (Fsp3) is 0.118. The summed E-state index contributed by atoms with van der Waals surface area (Å²) in [5.41, 5.74) is 1.41. The summed E-state index contributed by atoms with van der Waals surface area (Å²) in [6, 6.07) is 9.13. The second-order valence-electron chi connectivity index (χ2n) is 5.14. The van der Waals surface area contributed by atoms with Crippen molar-refractivity contribution in [1.29, 1.82) is 0 Å². The lowest BCUT2D eigenvalue weighted by atomic mass is 10.2. The van der Waals surface area contributed by atoms with E-state index in [0.717, 1.165) is 0 Å². The van der Waals surface area contributed by atoms with Crippen LogP contribution in [0.15, 0.2) is 45.5 Å². The third-order valence-electron chi connectivity index (χ3n) is 3.32. The van der Waals surface area contributed by atoms with Gasteiger partial charge in [-0.05, 0) is 54.0 Å². The fourth-order valence-corrected chi connectivity index (χ4v) is 2.46. The Morgan fingerprint density at radius 2 is 1.84 bits per heavy atom. The first kappa shape index (κ1) is 17.1. The van der Waals surface area contributed by atoms with Crippen LogP contribution < -0.4 is 10.1 Å². The van der Waals surface area contributed by atoms with Gasteiger partial charge in [-0.25, -0.2) is 4.39 Å². The Bertz CT molecular complexity index is 919.